The smallest absolute Gasteiger partial charge is 0.191 e. The summed E-state index contributed by atoms with van der Waals surface area (Å²) in [4.78, 5) is 8.34. The average Bonchev–Trinajstić information content (AvgIpc) is 2.64. The Hall–Kier alpha value is -1.58. The van der Waals surface area contributed by atoms with E-state index in [0.29, 0.717) is 5.89 Å². The Balaban J connectivity index is 2.19. The van der Waals surface area contributed by atoms with Gasteiger partial charge in [-0.25, -0.2) is 9.97 Å². The molecule has 0 N–H and O–H groups in total. The van der Waals surface area contributed by atoms with Gasteiger partial charge in [0.1, 0.15) is 12.1 Å². The zero-order chi connectivity index (χ0) is 9.26. The number of nitrogens with zero attached hydrogens (tertiary/aromatic N) is 3. The maximum absolute atomic E-state index is 5.11. The van der Waals surface area contributed by atoms with Gasteiger partial charge in [-0.15, -0.1) is 0 Å². The molecule has 0 bridgehead atoms. The molecule has 0 amide bonds. The molecule has 0 aromatic carbocycles. The minimum Gasteiger partial charge on any atom is -0.449 e. The van der Waals surface area contributed by atoms with Crippen molar-refractivity contribution in [1.82, 2.24) is 14.5 Å². The second-order valence-electron chi connectivity index (χ2n) is 2.96. The lowest BCUT2D eigenvalue weighted by molar-refractivity contribution is 0.520. The topological polar surface area (TPSA) is 43.9 Å². The van der Waals surface area contributed by atoms with Crippen LogP contribution in [0.1, 0.15) is 17.4 Å². The zero-order valence-electron chi connectivity index (χ0n) is 7.69. The molecule has 2 heterocycles. The number of hydrogen-bond donors (Lipinski definition) is 0. The predicted molar refractivity (Wildman–Crippen MR) is 47.3 cm³/mol. The monoisotopic (exact) mass is 177 g/mol. The van der Waals surface area contributed by atoms with Crippen LogP contribution in [0.5, 0.6) is 0 Å². The van der Waals surface area contributed by atoms with Crippen LogP contribution >= 0.6 is 0 Å². The largest absolute Gasteiger partial charge is 0.449 e. The summed E-state index contributed by atoms with van der Waals surface area (Å²) in [5.74, 6) is 1.69. The van der Waals surface area contributed by atoms with Gasteiger partial charge in [0.25, 0.3) is 0 Å². The van der Waals surface area contributed by atoms with Gasteiger partial charge in [-0.3, -0.25) is 0 Å². The second-order valence-corrected chi connectivity index (χ2v) is 2.96. The molecule has 0 aliphatic heterocycles. The molecule has 0 saturated carbocycles. The first-order valence-electron chi connectivity index (χ1n) is 4.14. The van der Waals surface area contributed by atoms with Crippen molar-refractivity contribution in [2.75, 3.05) is 0 Å². The van der Waals surface area contributed by atoms with Gasteiger partial charge in [-0.2, -0.15) is 0 Å². The fourth-order valence-corrected chi connectivity index (χ4v) is 1.23. The zero-order valence-corrected chi connectivity index (χ0v) is 7.69. The Labute approximate surface area is 76.2 Å². The quantitative estimate of drug-likeness (QED) is 0.698. The van der Waals surface area contributed by atoms with Crippen LogP contribution in [0.3, 0.4) is 0 Å². The Kier molecular flexibility index (Phi) is 1.88. The Morgan fingerprint density at radius 3 is 2.85 bits per heavy atom. The first-order valence-corrected chi connectivity index (χ1v) is 4.14. The molecule has 0 unspecified atom stereocenters. The van der Waals surface area contributed by atoms with Crippen molar-refractivity contribution in [3.05, 3.63) is 36.1 Å². The summed E-state index contributed by atoms with van der Waals surface area (Å²) >= 11 is 0. The summed E-state index contributed by atoms with van der Waals surface area (Å²) in [6.07, 6.45) is 5.39. The maximum Gasteiger partial charge on any atom is 0.191 e. The van der Waals surface area contributed by atoms with Gasteiger partial charge in [-0.05, 0) is 6.92 Å². The summed E-state index contributed by atoms with van der Waals surface area (Å²) in [5, 5.41) is 0. The van der Waals surface area contributed by atoms with E-state index in [1.54, 1.807) is 12.5 Å². The lowest BCUT2D eigenvalue weighted by atomic mass is 10.4. The van der Waals surface area contributed by atoms with E-state index in [4.69, 9.17) is 4.42 Å². The Morgan fingerprint density at radius 2 is 2.31 bits per heavy atom. The fraction of sp³-hybridized carbons (Fsp3) is 0.333. The number of aromatic nitrogens is 3. The molecule has 2 aromatic heterocycles. The molecule has 0 aliphatic carbocycles. The van der Waals surface area contributed by atoms with E-state index in [1.165, 1.54) is 0 Å². The average molecular weight is 177 g/mol. The molecule has 2 aromatic rings. The van der Waals surface area contributed by atoms with Crippen LogP contribution in [-0.2, 0) is 6.54 Å². The number of aryl methyl sites for hydroxylation is 2. The summed E-state index contributed by atoms with van der Waals surface area (Å²) in [5.41, 5.74) is 0.929. The van der Waals surface area contributed by atoms with E-state index in [-0.39, 0.29) is 0 Å². The van der Waals surface area contributed by atoms with Crippen molar-refractivity contribution >= 4 is 0 Å². The first kappa shape index (κ1) is 8.04. The van der Waals surface area contributed by atoms with Crippen LogP contribution in [-0.4, -0.2) is 14.5 Å². The lowest BCUT2D eigenvalue weighted by Gasteiger charge is -1.99. The molecule has 0 aliphatic rings. The number of rotatable bonds is 2. The van der Waals surface area contributed by atoms with E-state index in [1.807, 2.05) is 24.6 Å². The van der Waals surface area contributed by atoms with Crippen LogP contribution in [0.2, 0.25) is 0 Å². The number of oxazole rings is 1. The second kappa shape index (κ2) is 3.05. The minimum atomic E-state index is 0.702. The van der Waals surface area contributed by atoms with E-state index < -0.39 is 0 Å². The Bertz CT molecular complexity index is 402. The fourth-order valence-electron chi connectivity index (χ4n) is 1.23. The molecule has 0 saturated heterocycles. The third-order valence-electron chi connectivity index (χ3n) is 1.92. The number of imidazole rings is 1. The number of hydrogen-bond acceptors (Lipinski definition) is 3. The Morgan fingerprint density at radius 1 is 1.46 bits per heavy atom. The lowest BCUT2D eigenvalue weighted by Crippen LogP contribution is -2.00. The van der Waals surface area contributed by atoms with Crippen molar-refractivity contribution in [3.8, 4) is 0 Å². The predicted octanol–water partition coefficient (Wildman–Crippen LogP) is 1.54. The standard InChI is InChI=1S/C9H11N3O/c1-7-10-3-4-12(7)5-9-6-13-8(2)11-9/h3-4,6H,5H2,1-2H3. The van der Waals surface area contributed by atoms with Crippen molar-refractivity contribution < 1.29 is 4.42 Å². The summed E-state index contributed by atoms with van der Waals surface area (Å²) in [6, 6.07) is 0. The highest BCUT2D eigenvalue weighted by Crippen LogP contribution is 2.04. The third-order valence-corrected chi connectivity index (χ3v) is 1.92. The molecule has 2 rings (SSSR count). The molecule has 0 atom stereocenters. The molecular weight excluding hydrogens is 166 g/mol. The SMILES string of the molecule is Cc1nc(Cn2ccnc2C)co1. The van der Waals surface area contributed by atoms with Gasteiger partial charge < -0.3 is 8.98 Å². The highest BCUT2D eigenvalue weighted by molar-refractivity contribution is 5.00. The molecule has 4 heteroatoms. The van der Waals surface area contributed by atoms with Crippen LogP contribution < -0.4 is 0 Å². The van der Waals surface area contributed by atoms with Crippen LogP contribution in [0, 0.1) is 13.8 Å². The third kappa shape index (κ3) is 1.61. The molecule has 0 spiro atoms. The minimum absolute atomic E-state index is 0.702. The molecule has 68 valence electrons. The molecular formula is C9H11N3O. The van der Waals surface area contributed by atoms with Gasteiger partial charge in [0.05, 0.1) is 12.2 Å². The van der Waals surface area contributed by atoms with E-state index in [2.05, 4.69) is 9.97 Å². The highest BCUT2D eigenvalue weighted by atomic mass is 16.3. The van der Waals surface area contributed by atoms with Crippen LogP contribution in [0.25, 0.3) is 0 Å². The van der Waals surface area contributed by atoms with E-state index in [0.717, 1.165) is 18.1 Å². The van der Waals surface area contributed by atoms with Gasteiger partial charge in [0, 0.05) is 19.3 Å². The van der Waals surface area contributed by atoms with Gasteiger partial charge in [0.2, 0.25) is 0 Å². The summed E-state index contributed by atoms with van der Waals surface area (Å²) < 4.78 is 7.13. The van der Waals surface area contributed by atoms with Crippen molar-refractivity contribution in [3.63, 3.8) is 0 Å². The normalized spacial score (nSPS) is 10.6. The first-order chi connectivity index (χ1) is 6.25. The maximum atomic E-state index is 5.11. The van der Waals surface area contributed by atoms with Gasteiger partial charge in [0.15, 0.2) is 5.89 Å². The van der Waals surface area contributed by atoms with E-state index in [9.17, 15) is 0 Å². The summed E-state index contributed by atoms with van der Waals surface area (Å²) in [6.45, 7) is 4.53. The highest BCUT2D eigenvalue weighted by Gasteiger charge is 2.02. The summed E-state index contributed by atoms with van der Waals surface area (Å²) in [7, 11) is 0. The van der Waals surface area contributed by atoms with E-state index >= 15 is 0 Å². The molecule has 4 nitrogen and oxygen atoms in total. The molecule has 0 radical (unpaired) electrons. The molecule has 0 fully saturated rings. The molecule has 13 heavy (non-hydrogen) atoms. The van der Waals surface area contributed by atoms with Crippen molar-refractivity contribution in [1.29, 1.82) is 0 Å². The van der Waals surface area contributed by atoms with Crippen LogP contribution in [0.15, 0.2) is 23.1 Å². The van der Waals surface area contributed by atoms with Crippen LogP contribution in [0.4, 0.5) is 0 Å². The van der Waals surface area contributed by atoms with Crippen molar-refractivity contribution in [2.24, 2.45) is 0 Å². The van der Waals surface area contributed by atoms with Crippen molar-refractivity contribution in [2.45, 2.75) is 20.4 Å². The van der Waals surface area contributed by atoms with Gasteiger partial charge in [-0.1, -0.05) is 0 Å². The van der Waals surface area contributed by atoms with Gasteiger partial charge >= 0.3 is 0 Å².